The normalized spacial score (nSPS) is 10.1. The first-order valence-electron chi connectivity index (χ1n) is 6.22. The SMILES string of the molecule is O=C(CCl)c1ccccc1NCc1ncccc1C(=O)O. The molecule has 0 amide bonds. The van der Waals surface area contributed by atoms with E-state index in [0.717, 1.165) is 0 Å². The second-order valence-corrected chi connectivity index (χ2v) is 4.53. The van der Waals surface area contributed by atoms with Gasteiger partial charge in [0.15, 0.2) is 5.78 Å². The van der Waals surface area contributed by atoms with Crippen molar-refractivity contribution in [1.29, 1.82) is 0 Å². The van der Waals surface area contributed by atoms with Crippen molar-refractivity contribution in [2.75, 3.05) is 11.2 Å². The van der Waals surface area contributed by atoms with E-state index in [4.69, 9.17) is 16.7 Å². The first-order valence-corrected chi connectivity index (χ1v) is 6.76. The largest absolute Gasteiger partial charge is 0.478 e. The number of rotatable bonds is 6. The standard InChI is InChI=1S/C15H13ClN2O3/c16-8-14(19)10-4-1-2-6-12(10)18-9-13-11(15(20)21)5-3-7-17-13/h1-7,18H,8-9H2,(H,20,21). The fourth-order valence-corrected chi connectivity index (χ4v) is 2.05. The van der Waals surface area contributed by atoms with Gasteiger partial charge in [-0.15, -0.1) is 11.6 Å². The molecule has 0 atom stereocenters. The highest BCUT2D eigenvalue weighted by molar-refractivity contribution is 6.31. The Morgan fingerprint density at radius 3 is 2.57 bits per heavy atom. The molecule has 1 heterocycles. The van der Waals surface area contributed by atoms with E-state index in [1.54, 1.807) is 30.3 Å². The van der Waals surface area contributed by atoms with Crippen LogP contribution in [-0.4, -0.2) is 27.7 Å². The summed E-state index contributed by atoms with van der Waals surface area (Å²) in [5.74, 6) is -1.34. The summed E-state index contributed by atoms with van der Waals surface area (Å²) < 4.78 is 0. The van der Waals surface area contributed by atoms with Crippen molar-refractivity contribution in [2.24, 2.45) is 0 Å². The number of ketones is 1. The van der Waals surface area contributed by atoms with E-state index >= 15 is 0 Å². The predicted octanol–water partition coefficient (Wildman–Crippen LogP) is 2.81. The number of nitrogens with one attached hydrogen (secondary N) is 1. The lowest BCUT2D eigenvalue weighted by atomic mass is 10.1. The van der Waals surface area contributed by atoms with Crippen LogP contribution in [0, 0.1) is 0 Å². The lowest BCUT2D eigenvalue weighted by Gasteiger charge is -2.11. The summed E-state index contributed by atoms with van der Waals surface area (Å²) in [6.07, 6.45) is 1.53. The number of Topliss-reactive ketones (excluding diaryl/α,β-unsaturated/α-hetero) is 1. The molecule has 108 valence electrons. The molecule has 0 spiro atoms. The minimum absolute atomic E-state index is 0.108. The number of hydrogen-bond donors (Lipinski definition) is 2. The van der Waals surface area contributed by atoms with Crippen LogP contribution >= 0.6 is 11.6 Å². The van der Waals surface area contributed by atoms with Crippen molar-refractivity contribution in [3.05, 3.63) is 59.4 Å². The Labute approximate surface area is 126 Å². The Morgan fingerprint density at radius 1 is 1.14 bits per heavy atom. The Morgan fingerprint density at radius 2 is 1.86 bits per heavy atom. The zero-order valence-corrected chi connectivity index (χ0v) is 11.8. The van der Waals surface area contributed by atoms with Crippen LogP contribution < -0.4 is 5.32 Å². The van der Waals surface area contributed by atoms with E-state index in [9.17, 15) is 9.59 Å². The van der Waals surface area contributed by atoms with Crippen molar-refractivity contribution in [2.45, 2.75) is 6.54 Å². The van der Waals surface area contributed by atoms with E-state index in [1.165, 1.54) is 12.3 Å². The Hall–Kier alpha value is -2.40. The van der Waals surface area contributed by atoms with E-state index in [0.29, 0.717) is 16.9 Å². The fraction of sp³-hybridized carbons (Fsp3) is 0.133. The molecule has 0 saturated carbocycles. The van der Waals surface area contributed by atoms with Gasteiger partial charge in [0.05, 0.1) is 23.7 Å². The van der Waals surface area contributed by atoms with Crippen molar-refractivity contribution in [3.8, 4) is 0 Å². The predicted molar refractivity (Wildman–Crippen MR) is 80.0 cm³/mol. The summed E-state index contributed by atoms with van der Waals surface area (Å²) >= 11 is 5.58. The van der Waals surface area contributed by atoms with Gasteiger partial charge in [0.2, 0.25) is 0 Å². The molecule has 0 aliphatic carbocycles. The molecule has 6 heteroatoms. The number of hydrogen-bond acceptors (Lipinski definition) is 4. The summed E-state index contributed by atoms with van der Waals surface area (Å²) in [4.78, 5) is 26.9. The number of para-hydroxylation sites is 1. The summed E-state index contributed by atoms with van der Waals surface area (Å²) in [5, 5.41) is 12.1. The number of carboxylic acids is 1. The van der Waals surface area contributed by atoms with Gasteiger partial charge in [-0.05, 0) is 24.3 Å². The number of aromatic carboxylic acids is 1. The highest BCUT2D eigenvalue weighted by Gasteiger charge is 2.13. The maximum Gasteiger partial charge on any atom is 0.337 e. The summed E-state index contributed by atoms with van der Waals surface area (Å²) in [5.41, 5.74) is 1.61. The van der Waals surface area contributed by atoms with Crippen molar-refractivity contribution < 1.29 is 14.7 Å². The molecule has 0 fully saturated rings. The van der Waals surface area contributed by atoms with Crippen LogP contribution in [0.15, 0.2) is 42.6 Å². The lowest BCUT2D eigenvalue weighted by Crippen LogP contribution is -2.11. The molecule has 0 saturated heterocycles. The number of halogens is 1. The number of aromatic nitrogens is 1. The molecule has 0 radical (unpaired) electrons. The average Bonchev–Trinajstić information content (AvgIpc) is 2.52. The molecule has 2 N–H and O–H groups in total. The van der Waals surface area contributed by atoms with Gasteiger partial charge in [0.25, 0.3) is 0 Å². The molecule has 0 aliphatic heterocycles. The van der Waals surface area contributed by atoms with Gasteiger partial charge in [-0.2, -0.15) is 0 Å². The summed E-state index contributed by atoms with van der Waals surface area (Å²) in [7, 11) is 0. The maximum atomic E-state index is 11.7. The zero-order valence-electron chi connectivity index (χ0n) is 11.0. The molecular weight excluding hydrogens is 292 g/mol. The smallest absolute Gasteiger partial charge is 0.337 e. The van der Waals surface area contributed by atoms with Crippen molar-refractivity contribution in [3.63, 3.8) is 0 Å². The Kier molecular flexibility index (Phi) is 4.90. The number of alkyl halides is 1. The van der Waals surface area contributed by atoms with Gasteiger partial charge in [0.1, 0.15) is 0 Å². The van der Waals surface area contributed by atoms with E-state index in [-0.39, 0.29) is 23.8 Å². The number of nitrogens with zero attached hydrogens (tertiary/aromatic N) is 1. The Bertz CT molecular complexity index is 673. The molecular formula is C15H13ClN2O3. The van der Waals surface area contributed by atoms with Crippen molar-refractivity contribution >= 4 is 29.0 Å². The first-order chi connectivity index (χ1) is 10.1. The number of carbonyl (C=O) groups excluding carboxylic acids is 1. The average molecular weight is 305 g/mol. The molecule has 1 aromatic heterocycles. The third-order valence-electron chi connectivity index (χ3n) is 2.92. The molecule has 0 aliphatic rings. The number of pyridine rings is 1. The third kappa shape index (κ3) is 3.58. The van der Waals surface area contributed by atoms with Gasteiger partial charge >= 0.3 is 5.97 Å². The van der Waals surface area contributed by atoms with Gasteiger partial charge in [-0.25, -0.2) is 4.79 Å². The summed E-state index contributed by atoms with van der Waals surface area (Å²) in [6.45, 7) is 0.203. The third-order valence-corrected chi connectivity index (χ3v) is 3.16. The summed E-state index contributed by atoms with van der Waals surface area (Å²) in [6, 6.07) is 9.99. The molecule has 21 heavy (non-hydrogen) atoms. The van der Waals surface area contributed by atoms with Crippen LogP contribution in [-0.2, 0) is 6.54 Å². The Balaban J connectivity index is 2.21. The molecule has 1 aromatic carbocycles. The molecule has 0 bridgehead atoms. The molecule has 2 aromatic rings. The molecule has 0 unspecified atom stereocenters. The number of anilines is 1. The van der Waals surface area contributed by atoms with Crippen molar-refractivity contribution in [1.82, 2.24) is 4.98 Å². The number of benzene rings is 1. The van der Waals surface area contributed by atoms with Crippen LogP contribution in [0.25, 0.3) is 0 Å². The van der Waals surface area contributed by atoms with E-state index < -0.39 is 5.97 Å². The van der Waals surface area contributed by atoms with Gasteiger partial charge < -0.3 is 10.4 Å². The fourth-order valence-electron chi connectivity index (χ4n) is 1.90. The second-order valence-electron chi connectivity index (χ2n) is 4.26. The van der Waals surface area contributed by atoms with Crippen LogP contribution in [0.2, 0.25) is 0 Å². The highest BCUT2D eigenvalue weighted by Crippen LogP contribution is 2.18. The molecule has 5 nitrogen and oxygen atoms in total. The van der Waals surface area contributed by atoms with E-state index in [1.807, 2.05) is 0 Å². The second kappa shape index (κ2) is 6.85. The van der Waals surface area contributed by atoms with Crippen LogP contribution in [0.1, 0.15) is 26.4 Å². The first kappa shape index (κ1) is 15.0. The number of carbonyl (C=O) groups is 2. The number of carboxylic acid groups (broad SMARTS) is 1. The van der Waals surface area contributed by atoms with Crippen LogP contribution in [0.4, 0.5) is 5.69 Å². The highest BCUT2D eigenvalue weighted by atomic mass is 35.5. The van der Waals surface area contributed by atoms with Gasteiger partial charge in [-0.3, -0.25) is 9.78 Å². The minimum atomic E-state index is -1.04. The van der Waals surface area contributed by atoms with E-state index in [2.05, 4.69) is 10.3 Å². The quantitative estimate of drug-likeness (QED) is 0.633. The molecule has 2 rings (SSSR count). The topological polar surface area (TPSA) is 79.3 Å². The van der Waals surface area contributed by atoms with Crippen LogP contribution in [0.5, 0.6) is 0 Å². The monoisotopic (exact) mass is 304 g/mol. The van der Waals surface area contributed by atoms with Crippen LogP contribution in [0.3, 0.4) is 0 Å². The van der Waals surface area contributed by atoms with Gasteiger partial charge in [-0.1, -0.05) is 12.1 Å². The van der Waals surface area contributed by atoms with Gasteiger partial charge in [0, 0.05) is 17.4 Å². The zero-order chi connectivity index (χ0) is 15.2. The minimum Gasteiger partial charge on any atom is -0.478 e. The lowest BCUT2D eigenvalue weighted by molar-refractivity contribution is 0.0695. The maximum absolute atomic E-state index is 11.7.